The Morgan fingerprint density at radius 3 is 2.78 bits per heavy atom. The van der Waals surface area contributed by atoms with E-state index >= 15 is 0 Å². The second-order valence-corrected chi connectivity index (χ2v) is 7.49. The first-order valence-corrected chi connectivity index (χ1v) is 9.28. The topological polar surface area (TPSA) is 75.7 Å². The smallest absolute Gasteiger partial charge is 0.240 e. The average molecular weight is 340 g/mol. The predicted octanol–water partition coefficient (Wildman–Crippen LogP) is 1.30. The normalized spacial score (nSPS) is 14.6. The molecule has 0 spiro atoms. The molecule has 1 aliphatic rings. The Morgan fingerprint density at radius 2 is 2.09 bits per heavy atom. The van der Waals surface area contributed by atoms with Crippen LogP contribution in [0.3, 0.4) is 0 Å². The Morgan fingerprint density at radius 1 is 1.30 bits per heavy atom. The molecule has 2 rings (SSSR count). The summed E-state index contributed by atoms with van der Waals surface area (Å²) in [7, 11) is -1.89. The molecule has 0 radical (unpaired) electrons. The van der Waals surface area contributed by atoms with E-state index in [2.05, 4.69) is 4.72 Å². The Hall–Kier alpha value is -1.44. The van der Waals surface area contributed by atoms with Crippen LogP contribution in [0.25, 0.3) is 0 Å². The van der Waals surface area contributed by atoms with E-state index in [0.29, 0.717) is 26.2 Å². The van der Waals surface area contributed by atoms with Gasteiger partial charge in [-0.25, -0.2) is 13.1 Å². The van der Waals surface area contributed by atoms with Crippen molar-refractivity contribution < 1.29 is 17.9 Å². The zero-order valence-corrected chi connectivity index (χ0v) is 14.5. The number of unbranched alkanes of at least 4 members (excludes halogenated alkanes) is 1. The van der Waals surface area contributed by atoms with Gasteiger partial charge >= 0.3 is 0 Å². The Labute approximate surface area is 137 Å². The molecule has 0 atom stereocenters. The van der Waals surface area contributed by atoms with E-state index in [1.807, 2.05) is 6.07 Å². The molecule has 0 saturated carbocycles. The summed E-state index contributed by atoms with van der Waals surface area (Å²) in [4.78, 5) is 13.5. The van der Waals surface area contributed by atoms with Crippen LogP contribution in [0.5, 0.6) is 0 Å². The molecule has 6 nitrogen and oxygen atoms in total. The van der Waals surface area contributed by atoms with E-state index in [4.69, 9.17) is 4.74 Å². The maximum absolute atomic E-state index is 12.3. The third-order valence-corrected chi connectivity index (χ3v) is 5.47. The van der Waals surface area contributed by atoms with Gasteiger partial charge in [0.25, 0.3) is 0 Å². The second kappa shape index (κ2) is 7.90. The quantitative estimate of drug-likeness (QED) is 0.759. The number of benzene rings is 1. The number of carbonyl (C=O) groups excluding carboxylic acids is 1. The van der Waals surface area contributed by atoms with E-state index in [-0.39, 0.29) is 10.8 Å². The minimum absolute atomic E-state index is 0.0141. The van der Waals surface area contributed by atoms with Gasteiger partial charge in [-0.1, -0.05) is 6.07 Å². The van der Waals surface area contributed by atoms with Crippen LogP contribution < -0.4 is 4.72 Å². The van der Waals surface area contributed by atoms with Crippen molar-refractivity contribution in [2.45, 2.75) is 37.6 Å². The number of hydrogen-bond acceptors (Lipinski definition) is 4. The number of nitrogens with one attached hydrogen (secondary N) is 1. The maximum Gasteiger partial charge on any atom is 0.240 e. The summed E-state index contributed by atoms with van der Waals surface area (Å²) in [5.41, 5.74) is 2.02. The third-order valence-electron chi connectivity index (χ3n) is 4.01. The lowest BCUT2D eigenvalue weighted by Crippen LogP contribution is -2.34. The molecule has 1 aromatic rings. The highest BCUT2D eigenvalue weighted by Crippen LogP contribution is 2.22. The van der Waals surface area contributed by atoms with Gasteiger partial charge in [0.1, 0.15) is 0 Å². The van der Waals surface area contributed by atoms with Crippen molar-refractivity contribution >= 4 is 15.9 Å². The lowest BCUT2D eigenvalue weighted by Gasteiger charge is -2.28. The van der Waals surface area contributed by atoms with Gasteiger partial charge in [-0.05, 0) is 42.5 Å². The molecule has 0 unspecified atom stereocenters. The Bertz CT molecular complexity index is 658. The molecule has 23 heavy (non-hydrogen) atoms. The zero-order valence-electron chi connectivity index (χ0n) is 13.7. The first kappa shape index (κ1) is 17.9. The van der Waals surface area contributed by atoms with E-state index in [1.165, 1.54) is 6.92 Å². The minimum atomic E-state index is -3.51. The fraction of sp³-hybridized carbons (Fsp3) is 0.562. The fourth-order valence-electron chi connectivity index (χ4n) is 2.63. The average Bonchev–Trinajstić information content (AvgIpc) is 2.53. The molecule has 1 aliphatic heterocycles. The van der Waals surface area contributed by atoms with Gasteiger partial charge in [-0.2, -0.15) is 0 Å². The highest BCUT2D eigenvalue weighted by molar-refractivity contribution is 7.89. The van der Waals surface area contributed by atoms with Crippen molar-refractivity contribution in [2.75, 3.05) is 26.8 Å². The number of rotatable bonds is 7. The van der Waals surface area contributed by atoms with Crippen LogP contribution in [0.15, 0.2) is 23.1 Å². The monoisotopic (exact) mass is 340 g/mol. The molecule has 0 bridgehead atoms. The van der Waals surface area contributed by atoms with E-state index in [1.54, 1.807) is 24.1 Å². The SMILES string of the molecule is COCCCCNS(=O)(=O)c1ccc2c(c1)CN(C(C)=O)CC2. The van der Waals surface area contributed by atoms with Crippen LogP contribution in [0.4, 0.5) is 0 Å². The number of ether oxygens (including phenoxy) is 1. The van der Waals surface area contributed by atoms with E-state index in [9.17, 15) is 13.2 Å². The second-order valence-electron chi connectivity index (χ2n) is 5.72. The van der Waals surface area contributed by atoms with Gasteiger partial charge < -0.3 is 9.64 Å². The number of fused-ring (bicyclic) bond motifs is 1. The molecule has 0 fully saturated rings. The summed E-state index contributed by atoms with van der Waals surface area (Å²) >= 11 is 0. The summed E-state index contributed by atoms with van der Waals surface area (Å²) in [6.07, 6.45) is 2.31. The Balaban J connectivity index is 2.05. The highest BCUT2D eigenvalue weighted by atomic mass is 32.2. The van der Waals surface area contributed by atoms with Crippen LogP contribution in [0.1, 0.15) is 30.9 Å². The van der Waals surface area contributed by atoms with Crippen molar-refractivity contribution in [1.82, 2.24) is 9.62 Å². The van der Waals surface area contributed by atoms with Crippen molar-refractivity contribution in [3.05, 3.63) is 29.3 Å². The van der Waals surface area contributed by atoms with E-state index < -0.39 is 10.0 Å². The summed E-state index contributed by atoms with van der Waals surface area (Å²) in [5.74, 6) is 0.0141. The van der Waals surface area contributed by atoms with Crippen LogP contribution >= 0.6 is 0 Å². The molecule has 7 heteroatoms. The number of sulfonamides is 1. The molecule has 128 valence electrons. The number of amides is 1. The highest BCUT2D eigenvalue weighted by Gasteiger charge is 2.21. The molecular formula is C16H24N2O4S. The van der Waals surface area contributed by atoms with Gasteiger partial charge in [0.2, 0.25) is 15.9 Å². The van der Waals surface area contributed by atoms with Crippen molar-refractivity contribution in [3.8, 4) is 0 Å². The lowest BCUT2D eigenvalue weighted by atomic mass is 10.00. The number of hydrogen-bond donors (Lipinski definition) is 1. The molecular weight excluding hydrogens is 316 g/mol. The van der Waals surface area contributed by atoms with Gasteiger partial charge in [0, 0.05) is 40.3 Å². The third kappa shape index (κ3) is 4.76. The van der Waals surface area contributed by atoms with Crippen LogP contribution in [0.2, 0.25) is 0 Å². The van der Waals surface area contributed by atoms with Gasteiger partial charge in [-0.15, -0.1) is 0 Å². The summed E-state index contributed by atoms with van der Waals surface area (Å²) in [5, 5.41) is 0. The van der Waals surface area contributed by atoms with Crippen LogP contribution in [-0.2, 0) is 32.5 Å². The van der Waals surface area contributed by atoms with Crippen LogP contribution in [-0.4, -0.2) is 46.0 Å². The summed E-state index contributed by atoms with van der Waals surface area (Å²) in [6.45, 7) is 3.71. The van der Waals surface area contributed by atoms with Crippen molar-refractivity contribution in [2.24, 2.45) is 0 Å². The maximum atomic E-state index is 12.3. The summed E-state index contributed by atoms with van der Waals surface area (Å²) in [6, 6.07) is 5.17. The number of methoxy groups -OCH3 is 1. The lowest BCUT2D eigenvalue weighted by molar-refractivity contribution is -0.129. The Kier molecular flexibility index (Phi) is 6.15. The number of carbonyl (C=O) groups is 1. The molecule has 1 N–H and O–H groups in total. The standard InChI is InChI=1S/C16H24N2O4S/c1-13(19)18-9-7-14-5-6-16(11-15(14)12-18)23(20,21)17-8-3-4-10-22-2/h5-6,11,17H,3-4,7-10,12H2,1-2H3. The molecule has 0 aromatic heterocycles. The number of nitrogens with zero attached hydrogens (tertiary/aromatic N) is 1. The molecule has 1 amide bonds. The van der Waals surface area contributed by atoms with Crippen LogP contribution in [0, 0.1) is 0 Å². The zero-order chi connectivity index (χ0) is 16.9. The van der Waals surface area contributed by atoms with E-state index in [0.717, 1.165) is 30.4 Å². The predicted molar refractivity (Wildman–Crippen MR) is 87.5 cm³/mol. The summed E-state index contributed by atoms with van der Waals surface area (Å²) < 4.78 is 32.2. The van der Waals surface area contributed by atoms with Gasteiger partial charge in [0.15, 0.2) is 0 Å². The first-order chi connectivity index (χ1) is 10.9. The first-order valence-electron chi connectivity index (χ1n) is 7.80. The molecule has 0 aliphatic carbocycles. The van der Waals surface area contributed by atoms with Crippen molar-refractivity contribution in [1.29, 1.82) is 0 Å². The van der Waals surface area contributed by atoms with Gasteiger partial charge in [0.05, 0.1) is 4.90 Å². The molecule has 1 heterocycles. The van der Waals surface area contributed by atoms with Gasteiger partial charge in [-0.3, -0.25) is 4.79 Å². The largest absolute Gasteiger partial charge is 0.385 e. The fourth-order valence-corrected chi connectivity index (χ4v) is 3.75. The molecule has 1 aromatic carbocycles. The molecule has 0 saturated heterocycles. The minimum Gasteiger partial charge on any atom is -0.385 e. The van der Waals surface area contributed by atoms with Crippen molar-refractivity contribution in [3.63, 3.8) is 0 Å².